The van der Waals surface area contributed by atoms with Crippen LogP contribution in [0.15, 0.2) is 48.7 Å². The molecule has 2 aromatic rings. The van der Waals surface area contributed by atoms with Crippen LogP contribution in [0.4, 0.5) is 11.5 Å². The van der Waals surface area contributed by atoms with Crippen molar-refractivity contribution < 1.29 is 4.74 Å². The molecule has 20 heavy (non-hydrogen) atoms. The van der Waals surface area contributed by atoms with Crippen LogP contribution < -0.4 is 15.4 Å². The number of pyridine rings is 1. The van der Waals surface area contributed by atoms with E-state index < -0.39 is 0 Å². The number of methoxy groups -OCH3 is 1. The van der Waals surface area contributed by atoms with Gasteiger partial charge in [-0.15, -0.1) is 0 Å². The first kappa shape index (κ1) is 14.3. The summed E-state index contributed by atoms with van der Waals surface area (Å²) in [5, 5.41) is 0. The van der Waals surface area contributed by atoms with E-state index in [-0.39, 0.29) is 0 Å². The van der Waals surface area contributed by atoms with E-state index >= 15 is 0 Å². The second-order valence-electron chi connectivity index (χ2n) is 4.26. The Hall–Kier alpha value is -2.14. The predicted octanol–water partition coefficient (Wildman–Crippen LogP) is 2.90. The van der Waals surface area contributed by atoms with Gasteiger partial charge in [0, 0.05) is 18.7 Å². The van der Waals surface area contributed by atoms with Gasteiger partial charge in [-0.05, 0) is 24.3 Å². The highest BCUT2D eigenvalue weighted by Gasteiger charge is 2.10. The van der Waals surface area contributed by atoms with Gasteiger partial charge in [0.05, 0.1) is 18.3 Å². The van der Waals surface area contributed by atoms with Gasteiger partial charge < -0.3 is 15.4 Å². The van der Waals surface area contributed by atoms with Gasteiger partial charge in [0.25, 0.3) is 0 Å². The van der Waals surface area contributed by atoms with Crippen molar-refractivity contribution in [2.24, 2.45) is 5.73 Å². The predicted molar refractivity (Wildman–Crippen MR) is 85.6 cm³/mol. The summed E-state index contributed by atoms with van der Waals surface area (Å²) in [5.74, 6) is 1.57. The number of thiocarbonyl (C=S) groups is 1. The highest BCUT2D eigenvalue weighted by molar-refractivity contribution is 7.80. The topological polar surface area (TPSA) is 51.4 Å². The molecule has 1 aromatic heterocycles. The second-order valence-corrected chi connectivity index (χ2v) is 4.78. The van der Waals surface area contributed by atoms with E-state index in [1.54, 1.807) is 13.3 Å². The molecule has 0 atom stereocenters. The van der Waals surface area contributed by atoms with Crippen LogP contribution in [0.25, 0.3) is 0 Å². The van der Waals surface area contributed by atoms with Gasteiger partial charge >= 0.3 is 0 Å². The number of para-hydroxylation sites is 1. The molecular formula is C15H17N3OS. The molecule has 0 aliphatic carbocycles. The van der Waals surface area contributed by atoms with Crippen LogP contribution >= 0.6 is 12.2 Å². The zero-order valence-electron chi connectivity index (χ0n) is 11.3. The van der Waals surface area contributed by atoms with Crippen LogP contribution in [0.2, 0.25) is 0 Å². The van der Waals surface area contributed by atoms with Gasteiger partial charge in [0.1, 0.15) is 11.6 Å². The average molecular weight is 287 g/mol. The lowest BCUT2D eigenvalue weighted by Crippen LogP contribution is -2.23. The van der Waals surface area contributed by atoms with Crippen LogP contribution in [-0.2, 0) is 0 Å². The quantitative estimate of drug-likeness (QED) is 0.828. The Labute approximate surface area is 124 Å². The maximum atomic E-state index is 5.61. The number of ether oxygens (including phenoxy) is 1. The maximum absolute atomic E-state index is 5.61. The smallest absolute Gasteiger partial charge is 0.137 e. The van der Waals surface area contributed by atoms with E-state index in [4.69, 9.17) is 22.7 Å². The number of benzene rings is 1. The van der Waals surface area contributed by atoms with E-state index in [9.17, 15) is 0 Å². The molecule has 0 fully saturated rings. The fourth-order valence-electron chi connectivity index (χ4n) is 1.86. The third kappa shape index (κ3) is 3.68. The molecule has 0 radical (unpaired) electrons. The highest BCUT2D eigenvalue weighted by atomic mass is 32.1. The molecule has 0 spiro atoms. The van der Waals surface area contributed by atoms with E-state index in [1.807, 2.05) is 42.5 Å². The minimum atomic E-state index is 0.499. The van der Waals surface area contributed by atoms with Crippen molar-refractivity contribution in [2.45, 2.75) is 6.42 Å². The first-order valence-electron chi connectivity index (χ1n) is 6.31. The van der Waals surface area contributed by atoms with Crippen molar-refractivity contribution >= 4 is 28.7 Å². The number of hydrogen-bond donors (Lipinski definition) is 1. The minimum Gasteiger partial charge on any atom is -0.495 e. The molecule has 0 amide bonds. The average Bonchev–Trinajstić information content (AvgIpc) is 2.49. The van der Waals surface area contributed by atoms with E-state index in [0.29, 0.717) is 18.0 Å². The van der Waals surface area contributed by atoms with E-state index in [0.717, 1.165) is 17.3 Å². The second kappa shape index (κ2) is 6.86. The monoisotopic (exact) mass is 287 g/mol. The van der Waals surface area contributed by atoms with Gasteiger partial charge in [0.15, 0.2) is 0 Å². The number of nitrogens with zero attached hydrogens (tertiary/aromatic N) is 2. The summed E-state index contributed by atoms with van der Waals surface area (Å²) in [6.07, 6.45) is 2.34. The molecule has 2 rings (SSSR count). The largest absolute Gasteiger partial charge is 0.495 e. The van der Waals surface area contributed by atoms with Gasteiger partial charge in [-0.3, -0.25) is 0 Å². The summed E-state index contributed by atoms with van der Waals surface area (Å²) < 4.78 is 5.13. The van der Waals surface area contributed by atoms with E-state index in [2.05, 4.69) is 9.88 Å². The number of rotatable bonds is 6. The third-order valence-electron chi connectivity index (χ3n) is 2.88. The molecule has 2 N–H and O–H groups in total. The number of hydrogen-bond acceptors (Lipinski definition) is 4. The molecule has 5 heteroatoms. The fraction of sp³-hybridized carbons (Fsp3) is 0.200. The summed E-state index contributed by atoms with van der Waals surface area (Å²) >= 11 is 4.96. The lowest BCUT2D eigenvalue weighted by Gasteiger charge is -2.23. The first-order chi connectivity index (χ1) is 9.70. The van der Waals surface area contributed by atoms with Crippen LogP contribution in [0.5, 0.6) is 5.75 Å². The molecular weight excluding hydrogens is 270 g/mol. The summed E-state index contributed by atoms with van der Waals surface area (Å²) in [6, 6.07) is 13.8. The summed E-state index contributed by atoms with van der Waals surface area (Å²) in [7, 11) is 1.62. The zero-order chi connectivity index (χ0) is 14.4. The normalized spacial score (nSPS) is 10.1. The van der Waals surface area contributed by atoms with Gasteiger partial charge in [0.2, 0.25) is 0 Å². The standard InChI is InChI=1S/C15H17N3OS/c1-19-13-7-8-15(17-11-13)18(10-9-14(16)20)12-5-3-2-4-6-12/h2-8,11H,9-10H2,1H3,(H2,16,20). The van der Waals surface area contributed by atoms with Crippen LogP contribution in [-0.4, -0.2) is 23.6 Å². The third-order valence-corrected chi connectivity index (χ3v) is 3.09. The van der Waals surface area contributed by atoms with Crippen molar-refractivity contribution in [3.05, 3.63) is 48.7 Å². The molecule has 0 aliphatic heterocycles. The molecule has 0 saturated carbocycles. The number of anilines is 2. The number of nitrogens with two attached hydrogens (primary N) is 1. The molecule has 104 valence electrons. The SMILES string of the molecule is COc1ccc(N(CCC(N)=S)c2ccccc2)nc1. The van der Waals surface area contributed by atoms with Gasteiger partial charge in [-0.2, -0.15) is 0 Å². The molecule has 0 aliphatic rings. The van der Waals surface area contributed by atoms with Crippen LogP contribution in [0.3, 0.4) is 0 Å². The van der Waals surface area contributed by atoms with Gasteiger partial charge in [-0.1, -0.05) is 30.4 Å². The Morgan fingerprint density at radius 3 is 2.55 bits per heavy atom. The molecule has 0 bridgehead atoms. The fourth-order valence-corrected chi connectivity index (χ4v) is 1.95. The Balaban J connectivity index is 2.27. The van der Waals surface area contributed by atoms with E-state index in [1.165, 1.54) is 0 Å². The molecule has 1 heterocycles. The number of aromatic nitrogens is 1. The zero-order valence-corrected chi connectivity index (χ0v) is 12.1. The van der Waals surface area contributed by atoms with Gasteiger partial charge in [-0.25, -0.2) is 4.98 Å². The van der Waals surface area contributed by atoms with Crippen molar-refractivity contribution in [3.63, 3.8) is 0 Å². The van der Waals surface area contributed by atoms with Crippen molar-refractivity contribution in [3.8, 4) is 5.75 Å². The highest BCUT2D eigenvalue weighted by Crippen LogP contribution is 2.24. The minimum absolute atomic E-state index is 0.499. The van der Waals surface area contributed by atoms with Crippen molar-refractivity contribution in [1.29, 1.82) is 0 Å². The summed E-state index contributed by atoms with van der Waals surface area (Å²) in [6.45, 7) is 0.693. The van der Waals surface area contributed by atoms with Crippen molar-refractivity contribution in [2.75, 3.05) is 18.6 Å². The summed E-state index contributed by atoms with van der Waals surface area (Å²) in [5.41, 5.74) is 6.66. The Bertz CT molecular complexity index is 557. The Kier molecular flexibility index (Phi) is 4.90. The van der Waals surface area contributed by atoms with Crippen molar-refractivity contribution in [1.82, 2.24) is 4.98 Å². The lowest BCUT2D eigenvalue weighted by atomic mass is 10.2. The summed E-state index contributed by atoms with van der Waals surface area (Å²) in [4.78, 5) is 7.00. The Morgan fingerprint density at radius 2 is 2.00 bits per heavy atom. The molecule has 0 unspecified atom stereocenters. The Morgan fingerprint density at radius 1 is 1.25 bits per heavy atom. The maximum Gasteiger partial charge on any atom is 0.137 e. The first-order valence-corrected chi connectivity index (χ1v) is 6.72. The lowest BCUT2D eigenvalue weighted by molar-refractivity contribution is 0.413. The molecule has 0 saturated heterocycles. The van der Waals surface area contributed by atoms with Crippen LogP contribution in [0, 0.1) is 0 Å². The van der Waals surface area contributed by atoms with Crippen LogP contribution in [0.1, 0.15) is 6.42 Å². The molecule has 1 aromatic carbocycles. The molecule has 4 nitrogen and oxygen atoms in total.